The van der Waals surface area contributed by atoms with E-state index in [2.05, 4.69) is 15.6 Å². The van der Waals surface area contributed by atoms with Gasteiger partial charge < -0.3 is 20.5 Å². The van der Waals surface area contributed by atoms with Crippen molar-refractivity contribution in [1.82, 2.24) is 10.6 Å². The molecule has 0 saturated carbocycles. The number of guanidine groups is 1. The summed E-state index contributed by atoms with van der Waals surface area (Å²) in [4.78, 5) is 4.25. The monoisotopic (exact) mass is 361 g/mol. The molecule has 0 aliphatic heterocycles. The first-order valence-electron chi connectivity index (χ1n) is 8.29. The Labute approximate surface area is 146 Å². The Morgan fingerprint density at radius 3 is 2.64 bits per heavy atom. The van der Waals surface area contributed by atoms with Crippen molar-refractivity contribution in [1.29, 1.82) is 0 Å². The Balaban J connectivity index is 2.56. The third kappa shape index (κ3) is 8.11. The first-order chi connectivity index (χ1) is 11.8. The summed E-state index contributed by atoms with van der Waals surface area (Å²) < 4.78 is 43.2. The number of nitrogens with zero attached hydrogens (tertiary/aromatic N) is 1. The van der Waals surface area contributed by atoms with E-state index in [0.717, 1.165) is 18.6 Å². The van der Waals surface area contributed by atoms with Crippen molar-refractivity contribution in [3.05, 3.63) is 29.8 Å². The molecular formula is C17H26F3N3O2. The van der Waals surface area contributed by atoms with Gasteiger partial charge in [-0.2, -0.15) is 13.2 Å². The molecule has 1 aromatic carbocycles. The summed E-state index contributed by atoms with van der Waals surface area (Å²) in [6.07, 6.45) is -4.43. The van der Waals surface area contributed by atoms with Crippen LogP contribution in [0.2, 0.25) is 0 Å². The van der Waals surface area contributed by atoms with Gasteiger partial charge in [-0.05, 0) is 38.5 Å². The number of aliphatic hydroxyl groups is 1. The molecule has 0 fully saturated rings. The van der Waals surface area contributed by atoms with Crippen LogP contribution in [-0.2, 0) is 6.18 Å². The fraction of sp³-hybridized carbons (Fsp3) is 0.588. The van der Waals surface area contributed by atoms with Crippen molar-refractivity contribution < 1.29 is 23.0 Å². The van der Waals surface area contributed by atoms with Crippen LogP contribution in [-0.4, -0.2) is 42.9 Å². The van der Waals surface area contributed by atoms with Gasteiger partial charge in [0.2, 0.25) is 0 Å². The number of alkyl halides is 3. The quantitative estimate of drug-likeness (QED) is 0.492. The number of nitrogens with one attached hydrogen (secondary N) is 2. The van der Waals surface area contributed by atoms with Gasteiger partial charge in [0.1, 0.15) is 18.5 Å². The van der Waals surface area contributed by atoms with Gasteiger partial charge in [-0.3, -0.25) is 4.99 Å². The molecule has 0 aliphatic rings. The number of hydrogen-bond acceptors (Lipinski definition) is 3. The van der Waals surface area contributed by atoms with Gasteiger partial charge >= 0.3 is 6.18 Å². The van der Waals surface area contributed by atoms with Gasteiger partial charge in [0.05, 0.1) is 12.1 Å². The predicted octanol–water partition coefficient (Wildman–Crippen LogP) is 2.80. The highest BCUT2D eigenvalue weighted by molar-refractivity contribution is 5.80. The van der Waals surface area contributed by atoms with E-state index in [-0.39, 0.29) is 24.9 Å². The molecule has 1 rings (SSSR count). The van der Waals surface area contributed by atoms with Crippen LogP contribution in [0.15, 0.2) is 29.3 Å². The van der Waals surface area contributed by atoms with E-state index in [1.54, 1.807) is 0 Å². The zero-order valence-electron chi connectivity index (χ0n) is 14.7. The van der Waals surface area contributed by atoms with Crippen LogP contribution in [0.5, 0.6) is 5.75 Å². The minimum absolute atomic E-state index is 0.0579. The maximum atomic E-state index is 12.6. The van der Waals surface area contributed by atoms with E-state index in [0.29, 0.717) is 12.5 Å². The summed E-state index contributed by atoms with van der Waals surface area (Å²) in [5, 5.41) is 16.2. The highest BCUT2D eigenvalue weighted by atomic mass is 19.4. The van der Waals surface area contributed by atoms with Crippen molar-refractivity contribution in [3.63, 3.8) is 0 Å². The van der Waals surface area contributed by atoms with Crippen LogP contribution < -0.4 is 15.4 Å². The van der Waals surface area contributed by atoms with Crippen molar-refractivity contribution in [3.8, 4) is 5.75 Å². The highest BCUT2D eigenvalue weighted by Crippen LogP contribution is 2.31. The standard InChI is InChI=1S/C17H26F3N3O2/c1-4-12(3)23-16(21-5-2)22-10-14(24)11-25-15-8-6-7-13(9-15)17(18,19)20/h6-9,12,14,24H,4-5,10-11H2,1-3H3,(H2,21,22,23). The van der Waals surface area contributed by atoms with E-state index in [1.165, 1.54) is 12.1 Å². The number of hydrogen-bond donors (Lipinski definition) is 3. The number of rotatable bonds is 8. The number of halogens is 3. The Kier molecular flexibility index (Phi) is 8.54. The lowest BCUT2D eigenvalue weighted by Gasteiger charge is -2.17. The molecule has 2 atom stereocenters. The second-order valence-electron chi connectivity index (χ2n) is 5.66. The molecule has 0 saturated heterocycles. The van der Waals surface area contributed by atoms with Crippen molar-refractivity contribution in [2.24, 2.45) is 4.99 Å². The molecular weight excluding hydrogens is 335 g/mol. The van der Waals surface area contributed by atoms with Gasteiger partial charge in [-0.1, -0.05) is 13.0 Å². The van der Waals surface area contributed by atoms with Crippen LogP contribution in [0, 0.1) is 0 Å². The largest absolute Gasteiger partial charge is 0.491 e. The van der Waals surface area contributed by atoms with Crippen LogP contribution in [0.3, 0.4) is 0 Å². The molecule has 0 amide bonds. The summed E-state index contributed by atoms with van der Waals surface area (Å²) in [6, 6.07) is 4.79. The predicted molar refractivity (Wildman–Crippen MR) is 91.8 cm³/mol. The fourth-order valence-electron chi connectivity index (χ4n) is 1.86. The summed E-state index contributed by atoms with van der Waals surface area (Å²) in [7, 11) is 0. The zero-order valence-corrected chi connectivity index (χ0v) is 14.7. The van der Waals surface area contributed by atoms with E-state index in [4.69, 9.17) is 4.74 Å². The van der Waals surface area contributed by atoms with Crippen LogP contribution in [0.4, 0.5) is 13.2 Å². The number of ether oxygens (including phenoxy) is 1. The summed E-state index contributed by atoms with van der Waals surface area (Å²) in [5.41, 5.74) is -0.787. The zero-order chi connectivity index (χ0) is 18.9. The van der Waals surface area contributed by atoms with Crippen LogP contribution >= 0.6 is 0 Å². The van der Waals surface area contributed by atoms with Crippen molar-refractivity contribution >= 4 is 5.96 Å². The maximum Gasteiger partial charge on any atom is 0.416 e. The number of aliphatic imine (C=N–C) groups is 1. The minimum atomic E-state index is -4.43. The van der Waals surface area contributed by atoms with Crippen LogP contribution in [0.25, 0.3) is 0 Å². The van der Waals surface area contributed by atoms with Crippen LogP contribution in [0.1, 0.15) is 32.8 Å². The molecule has 0 spiro atoms. The lowest BCUT2D eigenvalue weighted by atomic mass is 10.2. The van der Waals surface area contributed by atoms with Gasteiger partial charge in [0, 0.05) is 12.6 Å². The summed E-state index contributed by atoms with van der Waals surface area (Å²) in [6.45, 7) is 6.59. The number of aliphatic hydroxyl groups excluding tert-OH is 1. The van der Waals surface area contributed by atoms with E-state index >= 15 is 0 Å². The topological polar surface area (TPSA) is 65.9 Å². The molecule has 2 unspecified atom stereocenters. The molecule has 25 heavy (non-hydrogen) atoms. The molecule has 8 heteroatoms. The van der Waals surface area contributed by atoms with Gasteiger partial charge in [0.25, 0.3) is 0 Å². The lowest BCUT2D eigenvalue weighted by Crippen LogP contribution is -2.42. The SMILES string of the molecule is CCNC(=NCC(O)COc1cccc(C(F)(F)F)c1)NC(C)CC. The van der Waals surface area contributed by atoms with E-state index in [9.17, 15) is 18.3 Å². The molecule has 1 aromatic rings. The third-order valence-corrected chi connectivity index (χ3v) is 3.40. The van der Waals surface area contributed by atoms with Crippen molar-refractivity contribution in [2.75, 3.05) is 19.7 Å². The summed E-state index contributed by atoms with van der Waals surface area (Å²) in [5.74, 6) is 0.637. The maximum absolute atomic E-state index is 12.6. The first-order valence-corrected chi connectivity index (χ1v) is 8.29. The van der Waals surface area contributed by atoms with Gasteiger partial charge in [0.15, 0.2) is 5.96 Å². The molecule has 0 aliphatic carbocycles. The van der Waals surface area contributed by atoms with E-state index < -0.39 is 17.8 Å². The molecule has 0 radical (unpaired) electrons. The second kappa shape index (κ2) is 10.1. The minimum Gasteiger partial charge on any atom is -0.491 e. The summed E-state index contributed by atoms with van der Waals surface area (Å²) >= 11 is 0. The Morgan fingerprint density at radius 1 is 1.32 bits per heavy atom. The molecule has 0 bridgehead atoms. The Morgan fingerprint density at radius 2 is 2.04 bits per heavy atom. The number of benzene rings is 1. The smallest absolute Gasteiger partial charge is 0.416 e. The Hall–Kier alpha value is -1.96. The van der Waals surface area contributed by atoms with Crippen molar-refractivity contribution in [2.45, 2.75) is 45.5 Å². The normalized spacial score (nSPS) is 14.8. The van der Waals surface area contributed by atoms with E-state index in [1.807, 2.05) is 20.8 Å². The molecule has 3 N–H and O–H groups in total. The first kappa shape index (κ1) is 21.1. The average molecular weight is 361 g/mol. The van der Waals surface area contributed by atoms with Gasteiger partial charge in [-0.15, -0.1) is 0 Å². The lowest BCUT2D eigenvalue weighted by molar-refractivity contribution is -0.137. The molecule has 142 valence electrons. The Bertz CT molecular complexity index is 550. The third-order valence-electron chi connectivity index (χ3n) is 3.40. The highest BCUT2D eigenvalue weighted by Gasteiger charge is 2.30. The molecule has 5 nitrogen and oxygen atoms in total. The van der Waals surface area contributed by atoms with Gasteiger partial charge in [-0.25, -0.2) is 0 Å². The fourth-order valence-corrected chi connectivity index (χ4v) is 1.86. The second-order valence-corrected chi connectivity index (χ2v) is 5.66. The average Bonchev–Trinajstić information content (AvgIpc) is 2.57. The molecule has 0 heterocycles. The molecule has 0 aromatic heterocycles.